The van der Waals surface area contributed by atoms with E-state index in [-0.39, 0.29) is 11.7 Å². The molecule has 8 heteroatoms. The first-order valence-corrected chi connectivity index (χ1v) is 10.1. The van der Waals surface area contributed by atoms with Crippen LogP contribution in [-0.4, -0.2) is 55.2 Å². The number of carbonyl (C=O) groups is 1. The number of hydrogen-bond donors (Lipinski definition) is 0. The SMILES string of the molecule is O=C(c1cccs1)N(CCN1CCOCC1)c1nc2c(F)cccc2s1. The van der Waals surface area contributed by atoms with Crippen LogP contribution in [-0.2, 0) is 4.74 Å². The zero-order chi connectivity index (χ0) is 17.9. The van der Waals surface area contributed by atoms with Gasteiger partial charge in [-0.3, -0.25) is 14.6 Å². The second kappa shape index (κ2) is 7.79. The molecule has 3 heterocycles. The molecule has 0 N–H and O–H groups in total. The van der Waals surface area contributed by atoms with Gasteiger partial charge in [-0.05, 0) is 23.6 Å². The summed E-state index contributed by atoms with van der Waals surface area (Å²) in [6.45, 7) is 4.39. The lowest BCUT2D eigenvalue weighted by molar-refractivity contribution is 0.0391. The molecule has 2 aromatic heterocycles. The van der Waals surface area contributed by atoms with Crippen LogP contribution in [0.2, 0.25) is 0 Å². The highest BCUT2D eigenvalue weighted by Gasteiger charge is 2.24. The zero-order valence-electron chi connectivity index (χ0n) is 14.1. The third-order valence-corrected chi connectivity index (χ3v) is 6.21. The van der Waals surface area contributed by atoms with E-state index in [9.17, 15) is 9.18 Å². The lowest BCUT2D eigenvalue weighted by Gasteiger charge is -2.29. The molecule has 26 heavy (non-hydrogen) atoms. The van der Waals surface area contributed by atoms with Gasteiger partial charge in [-0.1, -0.05) is 23.5 Å². The molecule has 0 unspecified atom stereocenters. The van der Waals surface area contributed by atoms with Crippen LogP contribution in [0.5, 0.6) is 0 Å². The van der Waals surface area contributed by atoms with Gasteiger partial charge in [0, 0.05) is 26.2 Å². The van der Waals surface area contributed by atoms with Crippen LogP contribution in [0.25, 0.3) is 10.2 Å². The first kappa shape index (κ1) is 17.5. The molecule has 5 nitrogen and oxygen atoms in total. The van der Waals surface area contributed by atoms with E-state index < -0.39 is 0 Å². The molecule has 0 bridgehead atoms. The van der Waals surface area contributed by atoms with Crippen molar-refractivity contribution in [3.8, 4) is 0 Å². The van der Waals surface area contributed by atoms with Crippen LogP contribution in [0.3, 0.4) is 0 Å². The van der Waals surface area contributed by atoms with E-state index in [2.05, 4.69) is 9.88 Å². The average molecular weight is 391 g/mol. The third kappa shape index (κ3) is 3.64. The number of morpholine rings is 1. The van der Waals surface area contributed by atoms with Gasteiger partial charge in [-0.2, -0.15) is 0 Å². The Balaban J connectivity index is 1.62. The zero-order valence-corrected chi connectivity index (χ0v) is 15.7. The van der Waals surface area contributed by atoms with Gasteiger partial charge in [0.15, 0.2) is 5.13 Å². The number of aromatic nitrogens is 1. The number of thiophene rings is 1. The first-order valence-electron chi connectivity index (χ1n) is 8.43. The van der Waals surface area contributed by atoms with Crippen LogP contribution < -0.4 is 4.90 Å². The second-order valence-corrected chi connectivity index (χ2v) is 7.93. The monoisotopic (exact) mass is 391 g/mol. The Labute approximate surface area is 158 Å². The summed E-state index contributed by atoms with van der Waals surface area (Å²) in [5, 5.41) is 2.42. The Morgan fingerprint density at radius 2 is 2.12 bits per heavy atom. The highest BCUT2D eigenvalue weighted by Crippen LogP contribution is 2.31. The molecule has 1 saturated heterocycles. The van der Waals surface area contributed by atoms with Crippen LogP contribution in [0.15, 0.2) is 35.7 Å². The standard InChI is InChI=1S/C18H18FN3O2S2/c19-13-3-1-4-14-16(13)20-18(26-14)22(17(23)15-5-2-12-25-15)7-6-21-8-10-24-11-9-21/h1-5,12H,6-11H2. The minimum absolute atomic E-state index is 0.0901. The Hall–Kier alpha value is -1.87. The number of halogens is 1. The molecule has 0 aliphatic carbocycles. The molecule has 0 atom stereocenters. The van der Waals surface area contributed by atoms with E-state index in [0.29, 0.717) is 35.3 Å². The smallest absolute Gasteiger partial charge is 0.270 e. The van der Waals surface area contributed by atoms with Gasteiger partial charge < -0.3 is 4.74 Å². The van der Waals surface area contributed by atoms with Crippen molar-refractivity contribution in [3.05, 3.63) is 46.4 Å². The highest BCUT2D eigenvalue weighted by molar-refractivity contribution is 7.22. The average Bonchev–Trinajstić information content (AvgIpc) is 3.33. The summed E-state index contributed by atoms with van der Waals surface area (Å²) in [5.41, 5.74) is 0.322. The predicted octanol–water partition coefficient (Wildman–Crippen LogP) is 3.48. The van der Waals surface area contributed by atoms with E-state index in [1.54, 1.807) is 11.0 Å². The first-order chi connectivity index (χ1) is 12.7. The number of para-hydroxylation sites is 1. The van der Waals surface area contributed by atoms with Crippen LogP contribution in [0, 0.1) is 5.82 Å². The van der Waals surface area contributed by atoms with Crippen molar-refractivity contribution in [1.82, 2.24) is 9.88 Å². The quantitative estimate of drug-likeness (QED) is 0.668. The summed E-state index contributed by atoms with van der Waals surface area (Å²) in [5.74, 6) is -0.450. The number of hydrogen-bond acceptors (Lipinski definition) is 6. The van der Waals surface area contributed by atoms with Crippen LogP contribution in [0.1, 0.15) is 9.67 Å². The number of rotatable bonds is 5. The topological polar surface area (TPSA) is 45.7 Å². The molecule has 1 aliphatic rings. The number of thiazole rings is 1. The van der Waals surface area contributed by atoms with Gasteiger partial charge in [0.2, 0.25) is 0 Å². The van der Waals surface area contributed by atoms with E-state index >= 15 is 0 Å². The van der Waals surface area contributed by atoms with Crippen LogP contribution >= 0.6 is 22.7 Å². The number of carbonyl (C=O) groups excluding carboxylic acids is 1. The lowest BCUT2D eigenvalue weighted by Crippen LogP contribution is -2.43. The summed E-state index contributed by atoms with van der Waals surface area (Å²) in [6.07, 6.45) is 0. The van der Waals surface area contributed by atoms with Crippen molar-refractivity contribution in [2.45, 2.75) is 0 Å². The van der Waals surface area contributed by atoms with E-state index in [4.69, 9.17) is 4.74 Å². The molecular weight excluding hydrogens is 373 g/mol. The van der Waals surface area contributed by atoms with E-state index in [1.807, 2.05) is 23.6 Å². The predicted molar refractivity (Wildman–Crippen MR) is 103 cm³/mol. The van der Waals surface area contributed by atoms with Crippen molar-refractivity contribution < 1.29 is 13.9 Å². The molecule has 1 amide bonds. The van der Waals surface area contributed by atoms with Gasteiger partial charge in [-0.25, -0.2) is 9.37 Å². The van der Waals surface area contributed by atoms with Gasteiger partial charge in [0.25, 0.3) is 5.91 Å². The van der Waals surface area contributed by atoms with Crippen molar-refractivity contribution in [3.63, 3.8) is 0 Å². The van der Waals surface area contributed by atoms with Crippen LogP contribution in [0.4, 0.5) is 9.52 Å². The summed E-state index contributed by atoms with van der Waals surface area (Å²) >= 11 is 2.75. The molecule has 3 aromatic rings. The summed E-state index contributed by atoms with van der Waals surface area (Å²) in [4.78, 5) is 22.0. The maximum absolute atomic E-state index is 14.0. The minimum Gasteiger partial charge on any atom is -0.379 e. The van der Waals surface area contributed by atoms with Gasteiger partial charge >= 0.3 is 0 Å². The second-order valence-electron chi connectivity index (χ2n) is 5.97. The Bertz CT molecular complexity index is 891. The molecule has 1 fully saturated rings. The summed E-state index contributed by atoms with van der Waals surface area (Å²) in [7, 11) is 0. The molecule has 0 radical (unpaired) electrons. The molecule has 0 spiro atoms. The molecular formula is C18H18FN3O2S2. The number of benzene rings is 1. The summed E-state index contributed by atoms with van der Waals surface area (Å²) < 4.78 is 20.2. The minimum atomic E-state index is -0.360. The fourth-order valence-corrected chi connectivity index (χ4v) is 4.58. The molecule has 1 aliphatic heterocycles. The lowest BCUT2D eigenvalue weighted by atomic mass is 10.3. The Kier molecular flexibility index (Phi) is 5.26. The fraction of sp³-hybridized carbons (Fsp3) is 0.333. The maximum Gasteiger partial charge on any atom is 0.270 e. The largest absolute Gasteiger partial charge is 0.379 e. The van der Waals surface area contributed by atoms with Gasteiger partial charge in [0.05, 0.1) is 22.8 Å². The number of anilines is 1. The summed E-state index contributed by atoms with van der Waals surface area (Å²) in [6, 6.07) is 8.55. The van der Waals surface area contributed by atoms with Crippen molar-refractivity contribution in [2.75, 3.05) is 44.3 Å². The van der Waals surface area contributed by atoms with Crippen molar-refractivity contribution in [1.29, 1.82) is 0 Å². The van der Waals surface area contributed by atoms with Gasteiger partial charge in [0.1, 0.15) is 11.3 Å². The molecule has 136 valence electrons. The number of amides is 1. The fourth-order valence-electron chi connectivity index (χ4n) is 2.90. The molecule has 1 aromatic carbocycles. The molecule has 0 saturated carbocycles. The highest BCUT2D eigenvalue weighted by atomic mass is 32.1. The van der Waals surface area contributed by atoms with E-state index in [0.717, 1.165) is 24.3 Å². The number of ether oxygens (including phenoxy) is 1. The van der Waals surface area contributed by atoms with E-state index in [1.165, 1.54) is 28.7 Å². The maximum atomic E-state index is 14.0. The number of fused-ring (bicyclic) bond motifs is 1. The van der Waals surface area contributed by atoms with Gasteiger partial charge in [-0.15, -0.1) is 11.3 Å². The van der Waals surface area contributed by atoms with Crippen molar-refractivity contribution >= 4 is 43.9 Å². The Morgan fingerprint density at radius 3 is 2.85 bits per heavy atom. The molecule has 4 rings (SSSR count). The Morgan fingerprint density at radius 1 is 1.27 bits per heavy atom. The number of nitrogens with zero attached hydrogens (tertiary/aromatic N) is 3. The van der Waals surface area contributed by atoms with Crippen molar-refractivity contribution in [2.24, 2.45) is 0 Å². The third-order valence-electron chi connectivity index (χ3n) is 4.31. The normalized spacial score (nSPS) is 15.4.